The summed E-state index contributed by atoms with van der Waals surface area (Å²) in [5.41, 5.74) is 0.158. The van der Waals surface area contributed by atoms with Crippen LogP contribution in [0.4, 0.5) is 5.69 Å². The van der Waals surface area contributed by atoms with Gasteiger partial charge in [0.1, 0.15) is 0 Å². The predicted octanol–water partition coefficient (Wildman–Crippen LogP) is 1.64. The highest BCUT2D eigenvalue weighted by molar-refractivity contribution is 7.89. The number of sulfonamides is 1. The molecule has 9 nitrogen and oxygen atoms in total. The van der Waals surface area contributed by atoms with Crippen LogP contribution in [0, 0.1) is 17.0 Å². The Balaban J connectivity index is 1.77. The van der Waals surface area contributed by atoms with Crippen molar-refractivity contribution in [3.8, 4) is 0 Å². The minimum absolute atomic E-state index is 0.0856. The Bertz CT molecular complexity index is 931. The third kappa shape index (κ3) is 3.33. The van der Waals surface area contributed by atoms with Crippen molar-refractivity contribution in [2.75, 3.05) is 26.2 Å². The van der Waals surface area contributed by atoms with Gasteiger partial charge in [0.2, 0.25) is 10.0 Å². The van der Waals surface area contributed by atoms with Gasteiger partial charge in [0.15, 0.2) is 5.76 Å². The van der Waals surface area contributed by atoms with Gasteiger partial charge in [-0.2, -0.15) is 4.31 Å². The first-order valence-corrected chi connectivity index (χ1v) is 9.32. The SMILES string of the molecule is Cc1ccc([N+](=O)[O-])cc1S(=O)(=O)N1CCN(C(=O)c2ccco2)CC1. The predicted molar refractivity (Wildman–Crippen MR) is 91.2 cm³/mol. The Morgan fingerprint density at radius 1 is 1.19 bits per heavy atom. The van der Waals surface area contributed by atoms with Crippen molar-refractivity contribution in [3.63, 3.8) is 0 Å². The van der Waals surface area contributed by atoms with Crippen molar-refractivity contribution in [1.29, 1.82) is 0 Å². The first kappa shape index (κ1) is 18.1. The van der Waals surface area contributed by atoms with E-state index in [2.05, 4.69) is 0 Å². The fourth-order valence-corrected chi connectivity index (χ4v) is 4.47. The van der Waals surface area contributed by atoms with Crippen LogP contribution in [-0.4, -0.2) is 54.6 Å². The number of non-ortho nitro benzene ring substituents is 1. The molecule has 0 unspecified atom stereocenters. The average Bonchev–Trinajstić information content (AvgIpc) is 3.16. The molecule has 3 rings (SSSR count). The van der Waals surface area contributed by atoms with Crippen LogP contribution >= 0.6 is 0 Å². The van der Waals surface area contributed by atoms with E-state index in [1.807, 2.05) is 0 Å². The van der Waals surface area contributed by atoms with E-state index >= 15 is 0 Å². The molecular weight excluding hydrogens is 362 g/mol. The Morgan fingerprint density at radius 2 is 1.88 bits per heavy atom. The summed E-state index contributed by atoms with van der Waals surface area (Å²) in [6.07, 6.45) is 1.40. The summed E-state index contributed by atoms with van der Waals surface area (Å²) in [5, 5.41) is 10.9. The average molecular weight is 379 g/mol. The molecule has 0 radical (unpaired) electrons. The van der Waals surface area contributed by atoms with Crippen molar-refractivity contribution in [1.82, 2.24) is 9.21 Å². The quantitative estimate of drug-likeness (QED) is 0.589. The lowest BCUT2D eigenvalue weighted by Crippen LogP contribution is -2.50. The Morgan fingerprint density at radius 3 is 2.46 bits per heavy atom. The highest BCUT2D eigenvalue weighted by atomic mass is 32.2. The molecule has 2 aromatic rings. The summed E-state index contributed by atoms with van der Waals surface area (Å²) in [6.45, 7) is 2.24. The van der Waals surface area contributed by atoms with E-state index in [4.69, 9.17) is 4.42 Å². The van der Waals surface area contributed by atoms with Gasteiger partial charge in [-0.3, -0.25) is 14.9 Å². The number of aryl methyl sites for hydroxylation is 1. The van der Waals surface area contributed by atoms with Gasteiger partial charge in [-0.25, -0.2) is 8.42 Å². The number of carbonyl (C=O) groups is 1. The van der Waals surface area contributed by atoms with Crippen LogP contribution in [0.3, 0.4) is 0 Å². The fraction of sp³-hybridized carbons (Fsp3) is 0.312. The summed E-state index contributed by atoms with van der Waals surface area (Å²) in [7, 11) is -3.88. The molecule has 0 spiro atoms. The second-order valence-corrected chi connectivity index (χ2v) is 7.79. The van der Waals surface area contributed by atoms with E-state index in [1.165, 1.54) is 27.6 Å². The third-order valence-corrected chi connectivity index (χ3v) is 6.30. The zero-order valence-electron chi connectivity index (χ0n) is 14.0. The van der Waals surface area contributed by atoms with Crippen LogP contribution in [0.2, 0.25) is 0 Å². The van der Waals surface area contributed by atoms with E-state index in [9.17, 15) is 23.3 Å². The van der Waals surface area contributed by atoms with Crippen LogP contribution in [0.25, 0.3) is 0 Å². The number of amides is 1. The highest BCUT2D eigenvalue weighted by Gasteiger charge is 2.32. The molecule has 1 aromatic carbocycles. The normalized spacial score (nSPS) is 15.8. The van der Waals surface area contributed by atoms with Gasteiger partial charge in [-0.05, 0) is 24.6 Å². The summed E-state index contributed by atoms with van der Waals surface area (Å²) in [6, 6.07) is 6.93. The number of furan rings is 1. The van der Waals surface area contributed by atoms with Crippen molar-refractivity contribution >= 4 is 21.6 Å². The van der Waals surface area contributed by atoms with E-state index < -0.39 is 14.9 Å². The first-order valence-electron chi connectivity index (χ1n) is 7.88. The molecule has 2 heterocycles. The molecule has 1 saturated heterocycles. The number of nitrogens with zero attached hydrogens (tertiary/aromatic N) is 3. The van der Waals surface area contributed by atoms with Gasteiger partial charge in [-0.1, -0.05) is 6.07 Å². The minimum Gasteiger partial charge on any atom is -0.459 e. The Hall–Kier alpha value is -2.72. The summed E-state index contributed by atoms with van der Waals surface area (Å²) in [5.74, 6) is -0.0885. The lowest BCUT2D eigenvalue weighted by Gasteiger charge is -2.33. The second-order valence-electron chi connectivity index (χ2n) is 5.88. The molecule has 0 N–H and O–H groups in total. The number of benzene rings is 1. The maximum atomic E-state index is 12.9. The van der Waals surface area contributed by atoms with Gasteiger partial charge in [-0.15, -0.1) is 0 Å². The van der Waals surface area contributed by atoms with Crippen LogP contribution in [0.5, 0.6) is 0 Å². The first-order chi connectivity index (χ1) is 12.3. The molecule has 1 aliphatic rings. The molecule has 26 heavy (non-hydrogen) atoms. The van der Waals surface area contributed by atoms with Crippen LogP contribution in [-0.2, 0) is 10.0 Å². The van der Waals surface area contributed by atoms with Gasteiger partial charge in [0.25, 0.3) is 11.6 Å². The molecule has 1 aromatic heterocycles. The molecule has 0 atom stereocenters. The van der Waals surface area contributed by atoms with Gasteiger partial charge in [0, 0.05) is 38.3 Å². The number of hydrogen-bond donors (Lipinski definition) is 0. The number of carbonyl (C=O) groups excluding carboxylic acids is 1. The van der Waals surface area contributed by atoms with Crippen LogP contribution in [0.1, 0.15) is 16.1 Å². The number of rotatable bonds is 4. The molecule has 0 aliphatic carbocycles. The maximum absolute atomic E-state index is 12.9. The minimum atomic E-state index is -3.88. The topological polar surface area (TPSA) is 114 Å². The molecule has 1 amide bonds. The molecule has 1 aliphatic heterocycles. The van der Waals surface area contributed by atoms with Crippen molar-refractivity contribution in [2.45, 2.75) is 11.8 Å². The summed E-state index contributed by atoms with van der Waals surface area (Å²) in [4.78, 5) is 24.0. The number of piperazine rings is 1. The molecule has 1 fully saturated rings. The Labute approximate surface area is 150 Å². The van der Waals surface area contributed by atoms with Gasteiger partial charge < -0.3 is 9.32 Å². The maximum Gasteiger partial charge on any atom is 0.289 e. The number of hydrogen-bond acceptors (Lipinski definition) is 6. The third-order valence-electron chi connectivity index (χ3n) is 4.26. The van der Waals surface area contributed by atoms with Crippen LogP contribution in [0.15, 0.2) is 45.9 Å². The van der Waals surface area contributed by atoms with Crippen LogP contribution < -0.4 is 0 Å². The van der Waals surface area contributed by atoms with Crippen molar-refractivity contribution < 1.29 is 22.6 Å². The zero-order valence-corrected chi connectivity index (χ0v) is 14.8. The zero-order chi connectivity index (χ0) is 18.9. The molecule has 0 bridgehead atoms. The summed E-state index contributed by atoms with van der Waals surface area (Å²) >= 11 is 0. The lowest BCUT2D eigenvalue weighted by atomic mass is 10.2. The van der Waals surface area contributed by atoms with Crippen molar-refractivity contribution in [2.24, 2.45) is 0 Å². The molecule has 138 valence electrons. The van der Waals surface area contributed by atoms with E-state index in [-0.39, 0.29) is 48.4 Å². The lowest BCUT2D eigenvalue weighted by molar-refractivity contribution is -0.385. The monoisotopic (exact) mass is 379 g/mol. The molecular formula is C16H17N3O6S. The summed E-state index contributed by atoms with van der Waals surface area (Å²) < 4.78 is 32.1. The molecule has 10 heteroatoms. The highest BCUT2D eigenvalue weighted by Crippen LogP contribution is 2.25. The molecule has 0 saturated carbocycles. The fourth-order valence-electron chi connectivity index (χ4n) is 2.81. The van der Waals surface area contributed by atoms with E-state index in [1.54, 1.807) is 19.1 Å². The standard InChI is InChI=1S/C16H17N3O6S/c1-12-4-5-13(19(21)22)11-15(12)26(23,24)18-8-6-17(7-9-18)16(20)14-3-2-10-25-14/h2-5,10-11H,6-9H2,1H3. The van der Waals surface area contributed by atoms with Gasteiger partial charge in [0.05, 0.1) is 16.1 Å². The van der Waals surface area contributed by atoms with E-state index in [0.717, 1.165) is 6.07 Å². The van der Waals surface area contributed by atoms with E-state index in [0.29, 0.717) is 5.56 Å². The Kier molecular flexibility index (Phi) is 4.79. The van der Waals surface area contributed by atoms with Crippen molar-refractivity contribution in [3.05, 3.63) is 58.0 Å². The second kappa shape index (κ2) is 6.89. The van der Waals surface area contributed by atoms with Gasteiger partial charge >= 0.3 is 0 Å². The number of nitro groups is 1. The largest absolute Gasteiger partial charge is 0.459 e. The number of nitro benzene ring substituents is 1. The smallest absolute Gasteiger partial charge is 0.289 e.